The lowest BCUT2D eigenvalue weighted by Crippen LogP contribution is -2.49. The Bertz CT molecular complexity index is 147. The van der Waals surface area contributed by atoms with Crippen LogP contribution in [0.1, 0.15) is 12.8 Å². The zero-order valence-corrected chi connectivity index (χ0v) is 8.57. The lowest BCUT2D eigenvalue weighted by Gasteiger charge is -2.31. The van der Waals surface area contributed by atoms with Crippen molar-refractivity contribution in [3.05, 3.63) is 0 Å². The van der Waals surface area contributed by atoms with Crippen LogP contribution in [-0.4, -0.2) is 48.6 Å². The molecule has 2 saturated heterocycles. The molecule has 2 heterocycles. The van der Waals surface area contributed by atoms with Gasteiger partial charge in [-0.25, -0.2) is 0 Å². The molecule has 3 heteroatoms. The van der Waals surface area contributed by atoms with Crippen LogP contribution in [0.15, 0.2) is 0 Å². The molecule has 0 radical (unpaired) electrons. The van der Waals surface area contributed by atoms with Crippen LogP contribution in [0.4, 0.5) is 0 Å². The Hall–Kier alpha value is 0.270. The largest absolute Gasteiger partial charge is 0.313 e. The first-order valence-electron chi connectivity index (χ1n) is 4.87. The van der Waals surface area contributed by atoms with E-state index in [0.29, 0.717) is 0 Å². The first-order chi connectivity index (χ1) is 5.88. The van der Waals surface area contributed by atoms with Gasteiger partial charge in [-0.05, 0) is 32.2 Å². The molecule has 0 aromatic heterocycles. The molecule has 2 rings (SSSR count). The predicted molar refractivity (Wildman–Crippen MR) is 54.8 cm³/mol. The predicted octanol–water partition coefficient (Wildman–Crippen LogP) is 0.786. The fraction of sp³-hybridized carbons (Fsp3) is 1.00. The van der Waals surface area contributed by atoms with Crippen molar-refractivity contribution in [3.63, 3.8) is 0 Å². The molecular weight excluding hydrogens is 168 g/mol. The minimum atomic E-state index is 0.811. The molecule has 2 aliphatic heterocycles. The van der Waals surface area contributed by atoms with Crippen molar-refractivity contribution < 1.29 is 0 Å². The maximum absolute atomic E-state index is 3.46. The van der Waals surface area contributed by atoms with E-state index in [1.807, 2.05) is 11.8 Å². The molecule has 0 bridgehead atoms. The highest BCUT2D eigenvalue weighted by atomic mass is 32.2. The highest BCUT2D eigenvalue weighted by molar-refractivity contribution is 7.99. The number of thioether (sulfide) groups is 1. The second kappa shape index (κ2) is 3.99. The minimum Gasteiger partial charge on any atom is -0.313 e. The molecule has 2 aliphatic rings. The van der Waals surface area contributed by atoms with Crippen LogP contribution in [0.3, 0.4) is 0 Å². The lowest BCUT2D eigenvalue weighted by atomic mass is 10.1. The fourth-order valence-corrected chi connectivity index (χ4v) is 2.67. The molecule has 12 heavy (non-hydrogen) atoms. The Morgan fingerprint density at radius 1 is 1.50 bits per heavy atom. The van der Waals surface area contributed by atoms with Gasteiger partial charge >= 0.3 is 0 Å². The van der Waals surface area contributed by atoms with E-state index in [1.54, 1.807) is 0 Å². The highest BCUT2D eigenvalue weighted by Crippen LogP contribution is 2.20. The van der Waals surface area contributed by atoms with E-state index in [9.17, 15) is 0 Å². The van der Waals surface area contributed by atoms with E-state index in [4.69, 9.17) is 0 Å². The Labute approximate surface area is 79.1 Å². The summed E-state index contributed by atoms with van der Waals surface area (Å²) in [4.78, 5) is 2.61. The second-order valence-electron chi connectivity index (χ2n) is 3.85. The minimum absolute atomic E-state index is 0.811. The monoisotopic (exact) mass is 186 g/mol. The number of rotatable bonds is 3. The Kier molecular flexibility index (Phi) is 2.94. The third-order valence-corrected chi connectivity index (χ3v) is 4.02. The number of likely N-dealkylation sites (tertiary alicyclic amines) is 1. The van der Waals surface area contributed by atoms with Crippen LogP contribution in [0.25, 0.3) is 0 Å². The van der Waals surface area contributed by atoms with E-state index in [0.717, 1.165) is 11.3 Å². The van der Waals surface area contributed by atoms with Gasteiger partial charge < -0.3 is 10.2 Å². The quantitative estimate of drug-likeness (QED) is 0.701. The van der Waals surface area contributed by atoms with Crippen LogP contribution in [0.2, 0.25) is 0 Å². The normalized spacial score (nSPS) is 36.8. The second-order valence-corrected chi connectivity index (χ2v) is 4.98. The van der Waals surface area contributed by atoms with Crippen molar-refractivity contribution >= 4 is 11.8 Å². The third kappa shape index (κ3) is 1.95. The van der Waals surface area contributed by atoms with E-state index in [1.165, 1.54) is 39.0 Å². The summed E-state index contributed by atoms with van der Waals surface area (Å²) in [6.07, 6.45) is 5.02. The zero-order valence-electron chi connectivity index (χ0n) is 7.75. The topological polar surface area (TPSA) is 15.3 Å². The SMILES string of the molecule is CSC1CCN(CC2CCN2)C1. The van der Waals surface area contributed by atoms with Gasteiger partial charge in [0.15, 0.2) is 0 Å². The molecule has 0 amide bonds. The summed E-state index contributed by atoms with van der Waals surface area (Å²) in [6.45, 7) is 5.17. The summed E-state index contributed by atoms with van der Waals surface area (Å²) in [5.41, 5.74) is 0. The molecular formula is C9H18N2S. The van der Waals surface area contributed by atoms with Crippen molar-refractivity contribution in [2.45, 2.75) is 24.1 Å². The molecule has 2 unspecified atom stereocenters. The van der Waals surface area contributed by atoms with Crippen molar-refractivity contribution in [1.82, 2.24) is 10.2 Å². The fourth-order valence-electron chi connectivity index (χ4n) is 1.97. The Balaban J connectivity index is 1.68. The summed E-state index contributed by atoms with van der Waals surface area (Å²) < 4.78 is 0. The zero-order chi connectivity index (χ0) is 8.39. The van der Waals surface area contributed by atoms with Gasteiger partial charge in [-0.15, -0.1) is 0 Å². The molecule has 70 valence electrons. The van der Waals surface area contributed by atoms with Gasteiger partial charge in [-0.2, -0.15) is 11.8 Å². The Morgan fingerprint density at radius 3 is 2.83 bits per heavy atom. The van der Waals surface area contributed by atoms with Gasteiger partial charge in [0.05, 0.1) is 0 Å². The molecule has 0 aromatic carbocycles. The van der Waals surface area contributed by atoms with Gasteiger partial charge in [0.25, 0.3) is 0 Å². The van der Waals surface area contributed by atoms with Crippen molar-refractivity contribution in [2.75, 3.05) is 32.4 Å². The van der Waals surface area contributed by atoms with Crippen LogP contribution >= 0.6 is 11.8 Å². The number of nitrogens with one attached hydrogen (secondary N) is 1. The molecule has 0 saturated carbocycles. The average molecular weight is 186 g/mol. The van der Waals surface area contributed by atoms with Crippen molar-refractivity contribution in [1.29, 1.82) is 0 Å². The van der Waals surface area contributed by atoms with Crippen LogP contribution in [-0.2, 0) is 0 Å². The van der Waals surface area contributed by atoms with E-state index in [2.05, 4.69) is 16.5 Å². The summed E-state index contributed by atoms with van der Waals surface area (Å²) in [5, 5.41) is 4.36. The number of hydrogen-bond donors (Lipinski definition) is 1. The smallest absolute Gasteiger partial charge is 0.0207 e. The molecule has 0 spiro atoms. The molecule has 0 aliphatic carbocycles. The molecule has 0 aromatic rings. The van der Waals surface area contributed by atoms with Gasteiger partial charge in [0, 0.05) is 24.4 Å². The molecule has 1 N–H and O–H groups in total. The van der Waals surface area contributed by atoms with E-state index >= 15 is 0 Å². The number of hydrogen-bond acceptors (Lipinski definition) is 3. The standard InChI is InChI=1S/C9H18N2S/c1-12-9-3-5-11(7-9)6-8-2-4-10-8/h8-10H,2-7H2,1H3. The van der Waals surface area contributed by atoms with E-state index in [-0.39, 0.29) is 0 Å². The highest BCUT2D eigenvalue weighted by Gasteiger charge is 2.25. The summed E-state index contributed by atoms with van der Waals surface area (Å²) in [7, 11) is 0. The number of nitrogens with zero attached hydrogens (tertiary/aromatic N) is 1. The molecule has 2 nitrogen and oxygen atoms in total. The maximum atomic E-state index is 3.46. The van der Waals surface area contributed by atoms with Crippen molar-refractivity contribution in [3.8, 4) is 0 Å². The van der Waals surface area contributed by atoms with Crippen LogP contribution in [0.5, 0.6) is 0 Å². The van der Waals surface area contributed by atoms with Gasteiger partial charge in [0.1, 0.15) is 0 Å². The van der Waals surface area contributed by atoms with Gasteiger partial charge in [-0.1, -0.05) is 0 Å². The van der Waals surface area contributed by atoms with Crippen LogP contribution in [0, 0.1) is 0 Å². The first-order valence-corrected chi connectivity index (χ1v) is 6.16. The summed E-state index contributed by atoms with van der Waals surface area (Å²) in [6, 6.07) is 0.811. The lowest BCUT2D eigenvalue weighted by molar-refractivity contribution is 0.242. The van der Waals surface area contributed by atoms with Crippen molar-refractivity contribution in [2.24, 2.45) is 0 Å². The Morgan fingerprint density at radius 2 is 2.33 bits per heavy atom. The first kappa shape index (κ1) is 8.85. The summed E-state index contributed by atoms with van der Waals surface area (Å²) >= 11 is 2.03. The summed E-state index contributed by atoms with van der Waals surface area (Å²) in [5.74, 6) is 0. The average Bonchev–Trinajstić information content (AvgIpc) is 2.44. The molecule has 2 atom stereocenters. The molecule has 2 fully saturated rings. The van der Waals surface area contributed by atoms with E-state index < -0.39 is 0 Å². The van der Waals surface area contributed by atoms with Crippen LogP contribution < -0.4 is 5.32 Å². The maximum Gasteiger partial charge on any atom is 0.0207 e. The van der Waals surface area contributed by atoms with Gasteiger partial charge in [0.2, 0.25) is 0 Å². The third-order valence-electron chi connectivity index (χ3n) is 2.97. The van der Waals surface area contributed by atoms with Gasteiger partial charge in [-0.3, -0.25) is 0 Å².